The minimum absolute atomic E-state index is 0.0244. The summed E-state index contributed by atoms with van der Waals surface area (Å²) in [4.78, 5) is 0. The summed E-state index contributed by atoms with van der Waals surface area (Å²) in [5.41, 5.74) is 0. The summed E-state index contributed by atoms with van der Waals surface area (Å²) in [7, 11) is -1.42. The lowest BCUT2D eigenvalue weighted by Crippen LogP contribution is -2.29. The number of halogens is 1. The van der Waals surface area contributed by atoms with Gasteiger partial charge in [-0.3, -0.25) is 0 Å². The molecule has 0 N–H and O–H groups in total. The van der Waals surface area contributed by atoms with Gasteiger partial charge in [-0.05, 0) is 12.8 Å². The normalized spacial score (nSPS) is 22.7. The molecule has 1 saturated heterocycles. The van der Waals surface area contributed by atoms with Gasteiger partial charge in [0, 0.05) is 10.7 Å². The van der Waals surface area contributed by atoms with Crippen LogP contribution in [0.3, 0.4) is 0 Å². The Kier molecular flexibility index (Phi) is 4.39. The molecule has 8 heteroatoms. The summed E-state index contributed by atoms with van der Waals surface area (Å²) < 4.78 is 48.5. The van der Waals surface area contributed by atoms with Crippen molar-refractivity contribution in [3.63, 3.8) is 0 Å². The van der Waals surface area contributed by atoms with Gasteiger partial charge in [-0.15, -0.1) is 0 Å². The zero-order valence-corrected chi connectivity index (χ0v) is 10.4. The second kappa shape index (κ2) is 4.99. The largest absolute Gasteiger partial charge is 0.377 e. The molecule has 0 aromatic rings. The number of hydrogen-bond acceptors (Lipinski definition) is 5. The molecule has 0 aliphatic carbocycles. The first-order chi connectivity index (χ1) is 6.79. The van der Waals surface area contributed by atoms with Crippen molar-refractivity contribution in [2.24, 2.45) is 0 Å². The van der Waals surface area contributed by atoms with Gasteiger partial charge in [0.25, 0.3) is 0 Å². The van der Waals surface area contributed by atoms with Crippen molar-refractivity contribution in [2.75, 3.05) is 23.9 Å². The minimum atomic E-state index is -3.52. The highest BCUT2D eigenvalue weighted by atomic mass is 35.7. The van der Waals surface area contributed by atoms with Gasteiger partial charge >= 0.3 is 0 Å². The van der Waals surface area contributed by atoms with Crippen molar-refractivity contribution < 1.29 is 21.6 Å². The van der Waals surface area contributed by atoms with Crippen molar-refractivity contribution in [1.82, 2.24) is 0 Å². The quantitative estimate of drug-likeness (QED) is 0.683. The Balaban J connectivity index is 2.25. The van der Waals surface area contributed by atoms with Gasteiger partial charge in [0.1, 0.15) is 0 Å². The van der Waals surface area contributed by atoms with E-state index in [-0.39, 0.29) is 30.0 Å². The van der Waals surface area contributed by atoms with E-state index in [9.17, 15) is 16.8 Å². The monoisotopic (exact) mass is 276 g/mol. The van der Waals surface area contributed by atoms with E-state index in [4.69, 9.17) is 15.4 Å². The maximum Gasteiger partial charge on any atom is 0.234 e. The van der Waals surface area contributed by atoms with Crippen LogP contribution in [0.25, 0.3) is 0 Å². The lowest BCUT2D eigenvalue weighted by atomic mass is 10.2. The zero-order chi connectivity index (χ0) is 11.5. The Labute approximate surface area is 94.1 Å². The number of rotatable bonds is 4. The molecule has 0 spiro atoms. The standard InChI is InChI=1S/C7H13ClO5S2/c8-15(11,12)6-3-13-7-1-4-14(9,10)5-2-7/h7H,1-6H2. The molecule has 0 saturated carbocycles. The summed E-state index contributed by atoms with van der Waals surface area (Å²) in [6.45, 7) is 0.0244. The van der Waals surface area contributed by atoms with E-state index >= 15 is 0 Å². The van der Waals surface area contributed by atoms with Crippen LogP contribution >= 0.6 is 10.7 Å². The van der Waals surface area contributed by atoms with E-state index < -0.39 is 18.9 Å². The fourth-order valence-electron chi connectivity index (χ4n) is 1.35. The van der Waals surface area contributed by atoms with Crippen molar-refractivity contribution >= 4 is 29.6 Å². The maximum atomic E-state index is 11.1. The predicted octanol–water partition coefficient (Wildman–Crippen LogP) is 0.149. The first-order valence-electron chi connectivity index (χ1n) is 4.53. The first-order valence-corrected chi connectivity index (χ1v) is 8.83. The van der Waals surface area contributed by atoms with Gasteiger partial charge in [0.2, 0.25) is 9.05 Å². The van der Waals surface area contributed by atoms with Crippen LogP contribution in [-0.2, 0) is 23.6 Å². The molecule has 0 aromatic carbocycles. The molecule has 90 valence electrons. The molecule has 0 atom stereocenters. The molecule has 1 aliphatic rings. The topological polar surface area (TPSA) is 77.5 Å². The van der Waals surface area contributed by atoms with Crippen molar-refractivity contribution in [3.8, 4) is 0 Å². The molecular formula is C7H13ClO5S2. The summed E-state index contributed by atoms with van der Waals surface area (Å²) in [6, 6.07) is 0. The summed E-state index contributed by atoms with van der Waals surface area (Å²) in [5, 5.41) is 0. The Morgan fingerprint density at radius 1 is 1.27 bits per heavy atom. The second-order valence-corrected chi connectivity index (χ2v) is 8.67. The molecule has 1 fully saturated rings. The first kappa shape index (κ1) is 13.2. The molecule has 0 aromatic heterocycles. The van der Waals surface area contributed by atoms with Gasteiger partial charge in [0.15, 0.2) is 9.84 Å². The highest BCUT2D eigenvalue weighted by Gasteiger charge is 2.24. The summed E-state index contributed by atoms with van der Waals surface area (Å²) in [5.74, 6) is -0.00557. The van der Waals surface area contributed by atoms with E-state index in [2.05, 4.69) is 0 Å². The van der Waals surface area contributed by atoms with Crippen molar-refractivity contribution in [2.45, 2.75) is 18.9 Å². The predicted molar refractivity (Wildman–Crippen MR) is 57.3 cm³/mol. The van der Waals surface area contributed by atoms with Crippen LogP contribution in [0.15, 0.2) is 0 Å². The Morgan fingerprint density at radius 3 is 2.27 bits per heavy atom. The van der Waals surface area contributed by atoms with E-state index in [0.717, 1.165) is 0 Å². The highest BCUT2D eigenvalue weighted by Crippen LogP contribution is 2.15. The zero-order valence-electron chi connectivity index (χ0n) is 8.06. The van der Waals surface area contributed by atoms with Crippen LogP contribution in [0, 0.1) is 0 Å². The van der Waals surface area contributed by atoms with Crippen LogP contribution in [-0.4, -0.2) is 46.8 Å². The smallest absolute Gasteiger partial charge is 0.234 e. The van der Waals surface area contributed by atoms with Crippen LogP contribution in [0.1, 0.15) is 12.8 Å². The van der Waals surface area contributed by atoms with E-state index in [1.54, 1.807) is 0 Å². The maximum absolute atomic E-state index is 11.1. The summed E-state index contributed by atoms with van der Waals surface area (Å²) in [6.07, 6.45) is 0.710. The average molecular weight is 277 g/mol. The van der Waals surface area contributed by atoms with Gasteiger partial charge in [-0.1, -0.05) is 0 Å². The second-order valence-electron chi connectivity index (χ2n) is 3.46. The van der Waals surface area contributed by atoms with Gasteiger partial charge < -0.3 is 4.74 Å². The molecule has 15 heavy (non-hydrogen) atoms. The van der Waals surface area contributed by atoms with Crippen molar-refractivity contribution in [1.29, 1.82) is 0 Å². The molecule has 5 nitrogen and oxygen atoms in total. The molecule has 1 aliphatic heterocycles. The average Bonchev–Trinajstić information content (AvgIpc) is 2.06. The number of sulfone groups is 1. The van der Waals surface area contributed by atoms with Gasteiger partial charge in [-0.2, -0.15) is 0 Å². The van der Waals surface area contributed by atoms with Crippen molar-refractivity contribution in [3.05, 3.63) is 0 Å². The Hall–Kier alpha value is 0.150. The molecular weight excluding hydrogens is 264 g/mol. The summed E-state index contributed by atoms with van der Waals surface area (Å²) >= 11 is 0. The van der Waals surface area contributed by atoms with E-state index in [0.29, 0.717) is 12.8 Å². The third-order valence-electron chi connectivity index (χ3n) is 2.18. The molecule has 0 radical (unpaired) electrons. The molecule has 0 bridgehead atoms. The van der Waals surface area contributed by atoms with E-state index in [1.807, 2.05) is 0 Å². The van der Waals surface area contributed by atoms with E-state index in [1.165, 1.54) is 0 Å². The number of ether oxygens (including phenoxy) is 1. The Morgan fingerprint density at radius 2 is 1.80 bits per heavy atom. The fraction of sp³-hybridized carbons (Fsp3) is 1.00. The number of hydrogen-bond donors (Lipinski definition) is 0. The lowest BCUT2D eigenvalue weighted by molar-refractivity contribution is 0.0576. The third-order valence-corrected chi connectivity index (χ3v) is 5.02. The molecule has 0 amide bonds. The van der Waals surface area contributed by atoms with Gasteiger partial charge in [-0.25, -0.2) is 16.8 Å². The van der Waals surface area contributed by atoms with Crippen LogP contribution in [0.5, 0.6) is 0 Å². The third kappa shape index (κ3) is 5.70. The molecule has 0 unspecified atom stereocenters. The van der Waals surface area contributed by atoms with Gasteiger partial charge in [0.05, 0.1) is 30.0 Å². The van der Waals surface area contributed by atoms with Crippen LogP contribution in [0.2, 0.25) is 0 Å². The van der Waals surface area contributed by atoms with Crippen LogP contribution in [0.4, 0.5) is 0 Å². The lowest BCUT2D eigenvalue weighted by Gasteiger charge is -2.21. The minimum Gasteiger partial charge on any atom is -0.377 e. The molecule has 1 rings (SSSR count). The fourth-order valence-corrected chi connectivity index (χ4v) is 3.28. The Bertz CT molecular complexity index is 385. The highest BCUT2D eigenvalue weighted by molar-refractivity contribution is 8.13. The SMILES string of the molecule is O=S(=O)(Cl)CCOC1CCS(=O)(=O)CC1. The molecule has 1 heterocycles. The van der Waals surface area contributed by atoms with Crippen LogP contribution < -0.4 is 0 Å².